The lowest BCUT2D eigenvalue weighted by atomic mass is 9.63. The van der Waals surface area contributed by atoms with Crippen molar-refractivity contribution in [2.45, 2.75) is 69.7 Å². The second kappa shape index (κ2) is 8.69. The number of nitrogens with one attached hydrogen (secondary N) is 1. The standard InChI is InChI=1S/C23H28BrNO5/c1-29-22(28)23(11-5-6-12-23)19-16-13-14(24)9-10-17(16)30-21(27)18(19)20(26)25-15-7-3-2-4-8-15/h9-10,13,15,18-19H,2-8,11-12H2,1H3,(H,25,26). The number of amides is 1. The number of hydrogen-bond acceptors (Lipinski definition) is 5. The zero-order valence-corrected chi connectivity index (χ0v) is 18.8. The minimum Gasteiger partial charge on any atom is -0.469 e. The highest BCUT2D eigenvalue weighted by atomic mass is 79.9. The van der Waals surface area contributed by atoms with Gasteiger partial charge >= 0.3 is 11.9 Å². The Hall–Kier alpha value is -1.89. The molecule has 0 spiro atoms. The fourth-order valence-electron chi connectivity index (χ4n) is 5.61. The van der Waals surface area contributed by atoms with Crippen LogP contribution in [0.2, 0.25) is 0 Å². The molecule has 1 heterocycles. The van der Waals surface area contributed by atoms with Gasteiger partial charge in [0.2, 0.25) is 5.91 Å². The summed E-state index contributed by atoms with van der Waals surface area (Å²) in [5.74, 6) is -2.52. The van der Waals surface area contributed by atoms with Crippen LogP contribution < -0.4 is 10.1 Å². The lowest BCUT2D eigenvalue weighted by Crippen LogP contribution is -2.52. The Kier molecular flexibility index (Phi) is 6.19. The van der Waals surface area contributed by atoms with Crippen molar-refractivity contribution in [1.29, 1.82) is 0 Å². The maximum atomic E-state index is 13.4. The number of hydrogen-bond donors (Lipinski definition) is 1. The van der Waals surface area contributed by atoms with E-state index in [0.717, 1.165) is 48.6 Å². The summed E-state index contributed by atoms with van der Waals surface area (Å²) in [7, 11) is 1.38. The van der Waals surface area contributed by atoms with Crippen LogP contribution in [0.15, 0.2) is 22.7 Å². The summed E-state index contributed by atoms with van der Waals surface area (Å²) < 4.78 is 11.6. The Morgan fingerprint density at radius 1 is 1.13 bits per heavy atom. The quantitative estimate of drug-likeness (QED) is 0.398. The van der Waals surface area contributed by atoms with Crippen molar-refractivity contribution >= 4 is 33.8 Å². The summed E-state index contributed by atoms with van der Waals surface area (Å²) in [5, 5.41) is 3.09. The number of esters is 2. The molecule has 7 heteroatoms. The van der Waals surface area contributed by atoms with Gasteiger partial charge < -0.3 is 14.8 Å². The van der Waals surface area contributed by atoms with Gasteiger partial charge in [-0.2, -0.15) is 0 Å². The van der Waals surface area contributed by atoms with Gasteiger partial charge in [-0.3, -0.25) is 14.4 Å². The van der Waals surface area contributed by atoms with E-state index in [1.54, 1.807) is 12.1 Å². The predicted molar refractivity (Wildman–Crippen MR) is 114 cm³/mol. The van der Waals surface area contributed by atoms with E-state index < -0.39 is 23.2 Å². The Morgan fingerprint density at radius 3 is 2.50 bits per heavy atom. The minimum absolute atomic E-state index is 0.0706. The number of carbonyl (C=O) groups is 3. The zero-order valence-electron chi connectivity index (χ0n) is 17.2. The van der Waals surface area contributed by atoms with Crippen molar-refractivity contribution < 1.29 is 23.9 Å². The summed E-state index contributed by atoms with van der Waals surface area (Å²) >= 11 is 3.49. The van der Waals surface area contributed by atoms with Crippen molar-refractivity contribution in [1.82, 2.24) is 5.32 Å². The molecule has 1 aromatic rings. The first-order valence-corrected chi connectivity index (χ1v) is 11.7. The molecule has 1 aliphatic heterocycles. The fourth-order valence-corrected chi connectivity index (χ4v) is 5.99. The van der Waals surface area contributed by atoms with Crippen LogP contribution >= 0.6 is 15.9 Å². The fraction of sp³-hybridized carbons (Fsp3) is 0.609. The Balaban J connectivity index is 1.77. The molecule has 3 aliphatic rings. The Bertz CT molecular complexity index is 842. The van der Waals surface area contributed by atoms with Gasteiger partial charge in [0, 0.05) is 22.0 Å². The smallest absolute Gasteiger partial charge is 0.324 e. The molecule has 2 aliphatic carbocycles. The number of carbonyl (C=O) groups excluding carboxylic acids is 3. The summed E-state index contributed by atoms with van der Waals surface area (Å²) in [4.78, 5) is 39.6. The highest BCUT2D eigenvalue weighted by Crippen LogP contribution is 2.56. The maximum absolute atomic E-state index is 13.4. The largest absolute Gasteiger partial charge is 0.469 e. The van der Waals surface area contributed by atoms with Gasteiger partial charge in [0.1, 0.15) is 11.7 Å². The van der Waals surface area contributed by atoms with Crippen molar-refractivity contribution in [3.63, 3.8) is 0 Å². The van der Waals surface area contributed by atoms with Crippen molar-refractivity contribution in [2.75, 3.05) is 7.11 Å². The third-order valence-corrected chi connectivity index (χ3v) is 7.52. The van der Waals surface area contributed by atoms with Gasteiger partial charge in [-0.15, -0.1) is 0 Å². The van der Waals surface area contributed by atoms with Crippen LogP contribution in [0.1, 0.15) is 69.3 Å². The minimum atomic E-state index is -1.06. The first kappa shape index (κ1) is 21.3. The molecule has 30 heavy (non-hydrogen) atoms. The maximum Gasteiger partial charge on any atom is 0.324 e. The van der Waals surface area contributed by atoms with Crippen LogP contribution in [0.25, 0.3) is 0 Å². The molecule has 0 saturated heterocycles. The average Bonchev–Trinajstić information content (AvgIpc) is 3.24. The molecule has 1 amide bonds. The van der Waals surface area contributed by atoms with E-state index >= 15 is 0 Å². The van der Waals surface area contributed by atoms with Gasteiger partial charge in [0.15, 0.2) is 0 Å². The molecule has 2 atom stereocenters. The number of rotatable bonds is 4. The SMILES string of the molecule is COC(=O)C1(C2c3cc(Br)ccc3OC(=O)C2C(=O)NC2CCCCC2)CCCC1. The van der Waals surface area contributed by atoms with Crippen molar-refractivity contribution in [3.05, 3.63) is 28.2 Å². The van der Waals surface area contributed by atoms with Crippen molar-refractivity contribution in [2.24, 2.45) is 11.3 Å². The summed E-state index contributed by atoms with van der Waals surface area (Å²) in [6.07, 6.45) is 8.07. The molecule has 1 N–H and O–H groups in total. The molecule has 1 aromatic carbocycles. The van der Waals surface area contributed by atoms with Crippen LogP contribution in [-0.2, 0) is 19.1 Å². The van der Waals surface area contributed by atoms with E-state index in [4.69, 9.17) is 9.47 Å². The van der Waals surface area contributed by atoms with Crippen LogP contribution in [0.4, 0.5) is 0 Å². The third kappa shape index (κ3) is 3.77. The lowest BCUT2D eigenvalue weighted by Gasteiger charge is -2.42. The molecule has 2 fully saturated rings. The van der Waals surface area contributed by atoms with Gasteiger partial charge in [-0.05, 0) is 43.9 Å². The van der Waals surface area contributed by atoms with E-state index in [2.05, 4.69) is 21.2 Å². The first-order chi connectivity index (χ1) is 14.5. The molecular formula is C23H28BrNO5. The number of benzene rings is 1. The topological polar surface area (TPSA) is 81.7 Å². The molecule has 0 radical (unpaired) electrons. The molecule has 162 valence electrons. The second-order valence-corrected chi connectivity index (χ2v) is 9.67. The van der Waals surface area contributed by atoms with Crippen LogP contribution in [0.5, 0.6) is 5.75 Å². The van der Waals surface area contributed by atoms with Crippen molar-refractivity contribution in [3.8, 4) is 5.75 Å². The molecule has 2 saturated carbocycles. The lowest BCUT2D eigenvalue weighted by molar-refractivity contribution is -0.160. The summed E-state index contributed by atoms with van der Waals surface area (Å²) in [6, 6.07) is 5.46. The highest BCUT2D eigenvalue weighted by molar-refractivity contribution is 9.10. The molecule has 0 aromatic heterocycles. The second-order valence-electron chi connectivity index (χ2n) is 8.76. The van der Waals surface area contributed by atoms with Gasteiger partial charge in [-0.1, -0.05) is 48.0 Å². The molecule has 6 nitrogen and oxygen atoms in total. The Morgan fingerprint density at radius 2 is 1.83 bits per heavy atom. The number of fused-ring (bicyclic) bond motifs is 1. The summed E-state index contributed by atoms with van der Waals surface area (Å²) in [5.41, 5.74) is -0.182. The van der Waals surface area contributed by atoms with E-state index in [9.17, 15) is 14.4 Å². The predicted octanol–water partition coefficient (Wildman–Crippen LogP) is 4.25. The molecule has 4 rings (SSSR count). The average molecular weight is 478 g/mol. The monoisotopic (exact) mass is 477 g/mol. The van der Waals surface area contributed by atoms with Crippen LogP contribution in [-0.4, -0.2) is 31.0 Å². The van der Waals surface area contributed by atoms with E-state index in [1.807, 2.05) is 6.07 Å². The van der Waals surface area contributed by atoms with Gasteiger partial charge in [-0.25, -0.2) is 0 Å². The van der Waals surface area contributed by atoms with E-state index in [-0.39, 0.29) is 17.9 Å². The van der Waals surface area contributed by atoms with Crippen LogP contribution in [0, 0.1) is 11.3 Å². The molecule has 2 unspecified atom stereocenters. The third-order valence-electron chi connectivity index (χ3n) is 7.02. The number of methoxy groups -OCH3 is 1. The number of halogens is 1. The summed E-state index contributed by atoms with van der Waals surface area (Å²) in [6.45, 7) is 0. The highest BCUT2D eigenvalue weighted by Gasteiger charge is 2.58. The normalized spacial score (nSPS) is 25.9. The zero-order chi connectivity index (χ0) is 21.3. The van der Waals surface area contributed by atoms with Crippen LogP contribution in [0.3, 0.4) is 0 Å². The van der Waals surface area contributed by atoms with E-state index in [0.29, 0.717) is 18.6 Å². The first-order valence-electron chi connectivity index (χ1n) is 10.9. The Labute approximate surface area is 185 Å². The van der Waals surface area contributed by atoms with E-state index in [1.165, 1.54) is 13.5 Å². The van der Waals surface area contributed by atoms with Gasteiger partial charge in [0.25, 0.3) is 0 Å². The molecular weight excluding hydrogens is 450 g/mol. The number of ether oxygens (including phenoxy) is 2. The van der Waals surface area contributed by atoms with Gasteiger partial charge in [0.05, 0.1) is 12.5 Å². The molecule has 0 bridgehead atoms.